The molecule has 1 aromatic heterocycles. The number of likely N-dealkylation sites (tertiary alicyclic amines) is 1. The van der Waals surface area contributed by atoms with Crippen LogP contribution in [0.1, 0.15) is 36.3 Å². The number of carboxylic acid groups (broad SMARTS) is 1. The lowest BCUT2D eigenvalue weighted by Gasteiger charge is -2.34. The van der Waals surface area contributed by atoms with E-state index in [1.165, 1.54) is 12.1 Å². The molecule has 1 saturated heterocycles. The fraction of sp³-hybridized carbons (Fsp3) is 0.421. The number of hydrogen-bond acceptors (Lipinski definition) is 3. The summed E-state index contributed by atoms with van der Waals surface area (Å²) < 4.78 is 14.8. The third kappa shape index (κ3) is 3.34. The minimum atomic E-state index is -0.803. The molecule has 138 valence electrons. The minimum absolute atomic E-state index is 0.0950. The van der Waals surface area contributed by atoms with E-state index in [4.69, 9.17) is 0 Å². The Hall–Kier alpha value is -2.70. The number of halogens is 1. The molecular weight excluding hydrogens is 337 g/mol. The molecule has 3 rings (SSSR count). The summed E-state index contributed by atoms with van der Waals surface area (Å²) in [4.78, 5) is 25.9. The van der Waals surface area contributed by atoms with Gasteiger partial charge in [-0.25, -0.2) is 9.07 Å². The predicted octanol–water partition coefficient (Wildman–Crippen LogP) is 2.76. The first-order valence-electron chi connectivity index (χ1n) is 8.77. The molecule has 0 radical (unpaired) electrons. The van der Waals surface area contributed by atoms with Gasteiger partial charge in [-0.1, -0.05) is 13.8 Å². The first kappa shape index (κ1) is 18.1. The summed E-state index contributed by atoms with van der Waals surface area (Å²) in [5, 5.41) is 13.6. The number of benzene rings is 1. The molecule has 1 aliphatic rings. The van der Waals surface area contributed by atoms with Gasteiger partial charge >= 0.3 is 5.97 Å². The standard InChI is InChI=1S/C19H22FN3O3/c1-3-17-16(10-21-23(17)14-6-4-13(20)5-7-14)18(24)22-9-8-15(19(25)26)12(2)11-22/h4-7,10,12,15H,3,8-9,11H2,1-2H3,(H,25,26). The van der Waals surface area contributed by atoms with Gasteiger partial charge in [-0.3, -0.25) is 9.59 Å². The van der Waals surface area contributed by atoms with Crippen LogP contribution in [0.3, 0.4) is 0 Å². The number of rotatable bonds is 4. The minimum Gasteiger partial charge on any atom is -0.481 e. The molecule has 2 unspecified atom stereocenters. The summed E-state index contributed by atoms with van der Waals surface area (Å²) in [5.41, 5.74) is 1.97. The van der Waals surface area contributed by atoms with Gasteiger partial charge in [0, 0.05) is 13.1 Å². The number of carbonyl (C=O) groups is 2. The first-order valence-corrected chi connectivity index (χ1v) is 8.77. The van der Waals surface area contributed by atoms with Gasteiger partial charge in [-0.2, -0.15) is 5.10 Å². The number of carbonyl (C=O) groups excluding carboxylic acids is 1. The SMILES string of the molecule is CCc1c(C(=O)N2CCC(C(=O)O)C(C)C2)cnn1-c1ccc(F)cc1. The van der Waals surface area contributed by atoms with Crippen LogP contribution in [-0.2, 0) is 11.2 Å². The molecule has 2 heterocycles. The monoisotopic (exact) mass is 359 g/mol. The zero-order valence-electron chi connectivity index (χ0n) is 14.9. The highest BCUT2D eigenvalue weighted by Crippen LogP contribution is 2.26. The van der Waals surface area contributed by atoms with E-state index in [9.17, 15) is 19.1 Å². The van der Waals surface area contributed by atoms with Crippen LogP contribution in [-0.4, -0.2) is 44.8 Å². The Kier molecular flexibility index (Phi) is 5.06. The van der Waals surface area contributed by atoms with Crippen LogP contribution in [0.25, 0.3) is 5.69 Å². The number of nitrogens with zero attached hydrogens (tertiary/aromatic N) is 3. The smallest absolute Gasteiger partial charge is 0.306 e. The fourth-order valence-corrected chi connectivity index (χ4v) is 3.56. The van der Waals surface area contributed by atoms with Crippen molar-refractivity contribution in [1.82, 2.24) is 14.7 Å². The van der Waals surface area contributed by atoms with Crippen molar-refractivity contribution < 1.29 is 19.1 Å². The predicted molar refractivity (Wildman–Crippen MR) is 93.7 cm³/mol. The third-order valence-electron chi connectivity index (χ3n) is 5.02. The lowest BCUT2D eigenvalue weighted by Crippen LogP contribution is -2.45. The Bertz CT molecular complexity index is 816. The van der Waals surface area contributed by atoms with Crippen molar-refractivity contribution >= 4 is 11.9 Å². The molecule has 26 heavy (non-hydrogen) atoms. The Balaban J connectivity index is 1.84. The number of aromatic nitrogens is 2. The summed E-state index contributed by atoms with van der Waals surface area (Å²) in [6.45, 7) is 4.64. The molecule has 2 atom stereocenters. The molecule has 1 aliphatic heterocycles. The topological polar surface area (TPSA) is 75.4 Å². The molecular formula is C19H22FN3O3. The van der Waals surface area contributed by atoms with Crippen molar-refractivity contribution in [3.8, 4) is 5.69 Å². The Morgan fingerprint density at radius 1 is 1.31 bits per heavy atom. The average Bonchev–Trinajstić information content (AvgIpc) is 3.05. The second kappa shape index (κ2) is 7.27. The van der Waals surface area contributed by atoms with Crippen LogP contribution in [0, 0.1) is 17.7 Å². The summed E-state index contributed by atoms with van der Waals surface area (Å²) in [6.07, 6.45) is 2.59. The highest BCUT2D eigenvalue weighted by molar-refractivity contribution is 5.95. The van der Waals surface area contributed by atoms with E-state index in [1.807, 2.05) is 13.8 Å². The molecule has 1 aromatic carbocycles. The van der Waals surface area contributed by atoms with Crippen LogP contribution in [0.5, 0.6) is 0 Å². The van der Waals surface area contributed by atoms with E-state index >= 15 is 0 Å². The van der Waals surface area contributed by atoms with Crippen LogP contribution in [0.2, 0.25) is 0 Å². The van der Waals surface area contributed by atoms with E-state index in [0.717, 1.165) is 5.69 Å². The van der Waals surface area contributed by atoms with Gasteiger partial charge < -0.3 is 10.0 Å². The second-order valence-corrected chi connectivity index (χ2v) is 6.71. The number of amides is 1. The van der Waals surface area contributed by atoms with Gasteiger partial charge in [0.15, 0.2) is 0 Å². The van der Waals surface area contributed by atoms with Crippen molar-refractivity contribution in [2.45, 2.75) is 26.7 Å². The van der Waals surface area contributed by atoms with Gasteiger partial charge in [0.25, 0.3) is 5.91 Å². The van der Waals surface area contributed by atoms with Gasteiger partial charge in [0.2, 0.25) is 0 Å². The Morgan fingerprint density at radius 3 is 2.58 bits per heavy atom. The van der Waals surface area contributed by atoms with Crippen molar-refractivity contribution in [3.05, 3.63) is 47.5 Å². The van der Waals surface area contributed by atoms with E-state index in [1.54, 1.807) is 27.9 Å². The number of hydrogen-bond donors (Lipinski definition) is 1. The van der Waals surface area contributed by atoms with E-state index in [-0.39, 0.29) is 17.6 Å². The van der Waals surface area contributed by atoms with Crippen LogP contribution < -0.4 is 0 Å². The van der Waals surface area contributed by atoms with Crippen molar-refractivity contribution in [3.63, 3.8) is 0 Å². The summed E-state index contributed by atoms with van der Waals surface area (Å²) >= 11 is 0. The molecule has 1 N–H and O–H groups in total. The molecule has 0 aliphatic carbocycles. The molecule has 0 spiro atoms. The molecule has 1 amide bonds. The Labute approximate surface area is 151 Å². The van der Waals surface area contributed by atoms with Crippen LogP contribution >= 0.6 is 0 Å². The third-order valence-corrected chi connectivity index (χ3v) is 5.02. The fourth-order valence-electron chi connectivity index (χ4n) is 3.56. The molecule has 7 heteroatoms. The maximum atomic E-state index is 13.2. The van der Waals surface area contributed by atoms with Crippen molar-refractivity contribution in [2.24, 2.45) is 11.8 Å². The van der Waals surface area contributed by atoms with Crippen molar-refractivity contribution in [2.75, 3.05) is 13.1 Å². The zero-order valence-corrected chi connectivity index (χ0v) is 14.9. The highest BCUT2D eigenvalue weighted by Gasteiger charge is 2.34. The maximum Gasteiger partial charge on any atom is 0.306 e. The quantitative estimate of drug-likeness (QED) is 0.911. The van der Waals surface area contributed by atoms with E-state index in [0.29, 0.717) is 37.2 Å². The van der Waals surface area contributed by atoms with E-state index in [2.05, 4.69) is 5.10 Å². The van der Waals surface area contributed by atoms with Crippen LogP contribution in [0.15, 0.2) is 30.5 Å². The molecule has 0 bridgehead atoms. The number of piperidine rings is 1. The number of carboxylic acids is 1. The number of aliphatic carboxylic acids is 1. The molecule has 0 saturated carbocycles. The second-order valence-electron chi connectivity index (χ2n) is 6.71. The lowest BCUT2D eigenvalue weighted by atomic mass is 9.87. The van der Waals surface area contributed by atoms with E-state index < -0.39 is 11.9 Å². The first-order chi connectivity index (χ1) is 12.4. The summed E-state index contributed by atoms with van der Waals surface area (Å²) in [5.74, 6) is -1.77. The Morgan fingerprint density at radius 2 is 2.00 bits per heavy atom. The van der Waals surface area contributed by atoms with Gasteiger partial charge in [0.1, 0.15) is 5.82 Å². The normalized spacial score (nSPS) is 20.2. The largest absolute Gasteiger partial charge is 0.481 e. The zero-order chi connectivity index (χ0) is 18.8. The molecule has 2 aromatic rings. The maximum absolute atomic E-state index is 13.2. The van der Waals surface area contributed by atoms with Gasteiger partial charge in [-0.05, 0) is 43.0 Å². The molecule has 6 nitrogen and oxygen atoms in total. The molecule has 1 fully saturated rings. The lowest BCUT2D eigenvalue weighted by molar-refractivity contribution is -0.145. The van der Waals surface area contributed by atoms with Gasteiger partial charge in [0.05, 0.1) is 29.1 Å². The summed E-state index contributed by atoms with van der Waals surface area (Å²) in [7, 11) is 0. The average molecular weight is 359 g/mol. The van der Waals surface area contributed by atoms with Gasteiger partial charge in [-0.15, -0.1) is 0 Å². The van der Waals surface area contributed by atoms with Crippen molar-refractivity contribution in [1.29, 1.82) is 0 Å². The highest BCUT2D eigenvalue weighted by atomic mass is 19.1. The summed E-state index contributed by atoms with van der Waals surface area (Å²) in [6, 6.07) is 5.96. The van der Waals surface area contributed by atoms with Crippen LogP contribution in [0.4, 0.5) is 4.39 Å².